The van der Waals surface area contributed by atoms with E-state index < -0.39 is 28.0 Å². The molecular weight excluding hydrogens is 534 g/mol. The third-order valence-electron chi connectivity index (χ3n) is 6.23. The van der Waals surface area contributed by atoms with E-state index in [0.717, 1.165) is 24.7 Å². The van der Waals surface area contributed by atoms with E-state index in [4.69, 9.17) is 19.4 Å². The van der Waals surface area contributed by atoms with E-state index in [2.05, 4.69) is 0 Å². The monoisotopic (exact) mass is 559 g/mol. The van der Waals surface area contributed by atoms with Crippen LogP contribution < -0.4 is 14.8 Å². The van der Waals surface area contributed by atoms with E-state index in [1.165, 1.54) is 30.3 Å². The number of anilines is 1. The van der Waals surface area contributed by atoms with Crippen molar-refractivity contribution in [2.24, 2.45) is 5.73 Å². The van der Waals surface area contributed by atoms with Crippen LogP contribution in [-0.2, 0) is 29.2 Å². The molecule has 0 spiro atoms. The van der Waals surface area contributed by atoms with E-state index in [9.17, 15) is 23.3 Å². The summed E-state index contributed by atoms with van der Waals surface area (Å²) in [6, 6.07) is 22.5. The predicted octanol–water partition coefficient (Wildman–Crippen LogP) is 3.66. The summed E-state index contributed by atoms with van der Waals surface area (Å²) in [7, 11) is -2.08. The molecule has 1 aliphatic rings. The van der Waals surface area contributed by atoms with Gasteiger partial charge in [0.2, 0.25) is 0 Å². The van der Waals surface area contributed by atoms with Crippen molar-refractivity contribution >= 4 is 27.7 Å². The first-order valence-electron chi connectivity index (χ1n) is 11.9. The van der Waals surface area contributed by atoms with Crippen molar-refractivity contribution in [3.05, 3.63) is 113 Å². The molecule has 204 valence electrons. The second kappa shape index (κ2) is 11.3. The van der Waals surface area contributed by atoms with Gasteiger partial charge in [-0.05, 0) is 36.8 Å². The molecule has 0 saturated heterocycles. The van der Waals surface area contributed by atoms with Gasteiger partial charge in [-0.25, -0.2) is 9.59 Å². The van der Waals surface area contributed by atoms with Crippen molar-refractivity contribution < 1.29 is 31.7 Å². The largest absolute Gasteiger partial charge is 0.466 e. The number of ether oxygens (including phenoxy) is 2. The number of nitriles is 1. The number of hydrogen-bond acceptors (Lipinski definition) is 10. The van der Waals surface area contributed by atoms with Gasteiger partial charge >= 0.3 is 22.1 Å². The van der Waals surface area contributed by atoms with E-state index in [0.29, 0.717) is 5.56 Å². The molecule has 11 heteroatoms. The first kappa shape index (κ1) is 27.9. The number of methoxy groups -OCH3 is 2. The Morgan fingerprint density at radius 1 is 0.900 bits per heavy atom. The van der Waals surface area contributed by atoms with Gasteiger partial charge in [0, 0.05) is 0 Å². The SMILES string of the molecule is COC(=O)C1=C(C(=O)OC)N(c2ccccc2OS(=O)(=O)c2ccc(C)cc2)C(N)=C(C#N)C1c1ccccc1. The number of esters is 2. The summed E-state index contributed by atoms with van der Waals surface area (Å²) >= 11 is 0. The van der Waals surface area contributed by atoms with Gasteiger partial charge in [-0.2, -0.15) is 13.7 Å². The standard InChI is InChI=1S/C29H25N3O7S/c1-18-13-15-20(16-14-18)40(35,36)39-23-12-8-7-11-22(23)32-26(29(34)38-3)25(28(33)37-2)24(21(17-30)27(32)31)19-9-5-4-6-10-19/h4-16,24H,31H2,1-3H3. The van der Waals surface area contributed by atoms with E-state index >= 15 is 0 Å². The Morgan fingerprint density at radius 2 is 1.50 bits per heavy atom. The number of aryl methyl sites for hydroxylation is 1. The molecule has 0 aliphatic carbocycles. The van der Waals surface area contributed by atoms with Gasteiger partial charge in [0.05, 0.1) is 43.0 Å². The summed E-state index contributed by atoms with van der Waals surface area (Å²) in [5, 5.41) is 10.2. The number of benzene rings is 3. The fourth-order valence-electron chi connectivity index (χ4n) is 4.35. The number of nitrogens with zero attached hydrogens (tertiary/aromatic N) is 2. The molecule has 2 N–H and O–H groups in total. The van der Waals surface area contributed by atoms with Gasteiger partial charge in [-0.3, -0.25) is 4.90 Å². The van der Waals surface area contributed by atoms with Crippen molar-refractivity contribution in [1.82, 2.24) is 0 Å². The number of para-hydroxylation sites is 2. The number of carbonyl (C=O) groups excluding carboxylic acids is 2. The highest BCUT2D eigenvalue weighted by atomic mass is 32.2. The average molecular weight is 560 g/mol. The lowest BCUT2D eigenvalue weighted by atomic mass is 9.81. The van der Waals surface area contributed by atoms with Crippen LogP contribution in [0.4, 0.5) is 5.69 Å². The van der Waals surface area contributed by atoms with Crippen LogP contribution in [-0.4, -0.2) is 34.6 Å². The van der Waals surface area contributed by atoms with Crippen LogP contribution in [0.3, 0.4) is 0 Å². The van der Waals surface area contributed by atoms with Crippen LogP contribution >= 0.6 is 0 Å². The summed E-state index contributed by atoms with van der Waals surface area (Å²) in [5.74, 6) is -3.41. The zero-order chi connectivity index (χ0) is 29.0. The number of hydrogen-bond donors (Lipinski definition) is 1. The first-order valence-corrected chi connectivity index (χ1v) is 13.3. The van der Waals surface area contributed by atoms with Crippen LogP contribution in [0.15, 0.2) is 106 Å². The minimum Gasteiger partial charge on any atom is -0.466 e. The summed E-state index contributed by atoms with van der Waals surface area (Å²) in [5.41, 5.74) is 7.19. The molecule has 0 bridgehead atoms. The molecule has 0 saturated carbocycles. The summed E-state index contributed by atoms with van der Waals surface area (Å²) in [4.78, 5) is 27.5. The Labute approximate surface area is 231 Å². The van der Waals surface area contributed by atoms with Gasteiger partial charge in [0.15, 0.2) is 5.75 Å². The normalized spacial score (nSPS) is 15.3. The molecule has 10 nitrogen and oxygen atoms in total. The van der Waals surface area contributed by atoms with Gasteiger partial charge < -0.3 is 19.4 Å². The second-order valence-corrected chi connectivity index (χ2v) is 10.2. The molecule has 1 atom stereocenters. The molecule has 1 heterocycles. The highest BCUT2D eigenvalue weighted by Crippen LogP contribution is 2.45. The van der Waals surface area contributed by atoms with Crippen LogP contribution in [0.25, 0.3) is 0 Å². The maximum absolute atomic E-state index is 13.3. The number of rotatable bonds is 7. The highest BCUT2D eigenvalue weighted by Gasteiger charge is 2.43. The Balaban J connectivity index is 1.99. The molecule has 1 unspecified atom stereocenters. The molecule has 4 rings (SSSR count). The smallest absolute Gasteiger partial charge is 0.355 e. The predicted molar refractivity (Wildman–Crippen MR) is 145 cm³/mol. The summed E-state index contributed by atoms with van der Waals surface area (Å²) in [6.45, 7) is 1.81. The van der Waals surface area contributed by atoms with Gasteiger partial charge in [0.25, 0.3) is 0 Å². The Hall–Kier alpha value is -5.08. The quantitative estimate of drug-likeness (QED) is 0.336. The first-order chi connectivity index (χ1) is 19.1. The minimum absolute atomic E-state index is 0.0308. The van der Waals surface area contributed by atoms with Crippen molar-refractivity contribution in [3.63, 3.8) is 0 Å². The molecule has 0 amide bonds. The second-order valence-electron chi connectivity index (χ2n) is 8.65. The van der Waals surface area contributed by atoms with E-state index in [1.807, 2.05) is 13.0 Å². The molecule has 1 aliphatic heterocycles. The third-order valence-corrected chi connectivity index (χ3v) is 7.47. The zero-order valence-electron chi connectivity index (χ0n) is 21.8. The van der Waals surface area contributed by atoms with Crippen LogP contribution in [0.2, 0.25) is 0 Å². The maximum Gasteiger partial charge on any atom is 0.355 e. The van der Waals surface area contributed by atoms with Crippen molar-refractivity contribution in [2.45, 2.75) is 17.7 Å². The maximum atomic E-state index is 13.3. The van der Waals surface area contributed by atoms with Gasteiger partial charge in [0.1, 0.15) is 16.4 Å². The Bertz CT molecular complexity index is 1670. The number of carbonyl (C=O) groups is 2. The van der Waals surface area contributed by atoms with Crippen LogP contribution in [0.5, 0.6) is 5.75 Å². The Kier molecular flexibility index (Phi) is 7.93. The fraction of sp³-hybridized carbons (Fsp3) is 0.138. The van der Waals surface area contributed by atoms with E-state index in [-0.39, 0.29) is 39.0 Å². The lowest BCUT2D eigenvalue weighted by Crippen LogP contribution is -2.41. The molecule has 0 radical (unpaired) electrons. The van der Waals surface area contributed by atoms with Crippen LogP contribution in [0, 0.1) is 18.3 Å². The number of nitrogens with two attached hydrogens (primary N) is 1. The molecule has 3 aromatic rings. The van der Waals surface area contributed by atoms with Crippen molar-refractivity contribution in [3.8, 4) is 11.8 Å². The van der Waals surface area contributed by atoms with Crippen LogP contribution in [0.1, 0.15) is 17.0 Å². The minimum atomic E-state index is -4.33. The van der Waals surface area contributed by atoms with Gasteiger partial charge in [-0.1, -0.05) is 60.2 Å². The van der Waals surface area contributed by atoms with Gasteiger partial charge in [-0.15, -0.1) is 0 Å². The lowest BCUT2D eigenvalue weighted by molar-refractivity contribution is -0.139. The molecular formula is C29H25N3O7S. The average Bonchev–Trinajstić information content (AvgIpc) is 2.96. The molecule has 3 aromatic carbocycles. The third kappa shape index (κ3) is 5.12. The lowest BCUT2D eigenvalue weighted by Gasteiger charge is -2.36. The number of allylic oxidation sites excluding steroid dienone is 1. The van der Waals surface area contributed by atoms with Crippen molar-refractivity contribution in [1.29, 1.82) is 5.26 Å². The fourth-order valence-corrected chi connectivity index (χ4v) is 5.29. The molecule has 40 heavy (non-hydrogen) atoms. The highest BCUT2D eigenvalue weighted by molar-refractivity contribution is 7.87. The topological polar surface area (TPSA) is 149 Å². The zero-order valence-corrected chi connectivity index (χ0v) is 22.6. The van der Waals surface area contributed by atoms with Crippen molar-refractivity contribution in [2.75, 3.05) is 19.1 Å². The van der Waals surface area contributed by atoms with E-state index in [1.54, 1.807) is 48.5 Å². The summed E-state index contributed by atoms with van der Waals surface area (Å²) < 4.78 is 41.9. The molecule has 0 aromatic heterocycles. The molecule has 0 fully saturated rings. The Morgan fingerprint density at radius 3 is 2.10 bits per heavy atom. The summed E-state index contributed by atoms with van der Waals surface area (Å²) in [6.07, 6.45) is 0.